The van der Waals surface area contributed by atoms with Crippen LogP contribution in [0.15, 0.2) is 53.5 Å². The SMILES string of the molecule is C=CC(=O)N1CCc2nc(-c3ccc(C4CCC4)cc3)n3c2C(C1)N(C(=O)c1ccc(Br)c2nc(C(F)F)[nH]c12)CC3. The quantitative estimate of drug-likeness (QED) is 0.266. The molecular weight excluding hydrogens is 606 g/mol. The van der Waals surface area contributed by atoms with Crippen molar-refractivity contribution in [2.45, 2.75) is 50.6 Å². The zero-order chi connectivity index (χ0) is 29.1. The first-order valence-corrected chi connectivity index (χ1v) is 15.0. The molecule has 1 fully saturated rings. The number of nitrogens with one attached hydrogen (secondary N) is 1. The minimum Gasteiger partial charge on any atom is -0.336 e. The predicted molar refractivity (Wildman–Crippen MR) is 157 cm³/mol. The van der Waals surface area contributed by atoms with Crippen molar-refractivity contribution in [3.63, 3.8) is 0 Å². The number of nitrogens with zero attached hydrogens (tertiary/aromatic N) is 5. The number of aromatic amines is 1. The molecule has 1 atom stereocenters. The van der Waals surface area contributed by atoms with Crippen LogP contribution in [-0.2, 0) is 17.8 Å². The number of rotatable bonds is 5. The highest BCUT2D eigenvalue weighted by atomic mass is 79.9. The molecule has 4 aromatic rings. The smallest absolute Gasteiger partial charge is 0.295 e. The molecule has 42 heavy (non-hydrogen) atoms. The maximum Gasteiger partial charge on any atom is 0.295 e. The van der Waals surface area contributed by atoms with E-state index in [1.54, 1.807) is 21.9 Å². The van der Waals surface area contributed by atoms with Crippen LogP contribution in [0.2, 0.25) is 0 Å². The molecule has 0 bridgehead atoms. The van der Waals surface area contributed by atoms with E-state index in [0.717, 1.165) is 22.8 Å². The predicted octanol–water partition coefficient (Wildman–Crippen LogP) is 6.16. The van der Waals surface area contributed by atoms with Crippen LogP contribution in [-0.4, -0.2) is 60.8 Å². The maximum atomic E-state index is 14.2. The minimum atomic E-state index is -2.80. The molecular formula is C31H29BrF2N6O2. The zero-order valence-electron chi connectivity index (χ0n) is 22.8. The van der Waals surface area contributed by atoms with Crippen molar-refractivity contribution >= 4 is 38.8 Å². The maximum absolute atomic E-state index is 14.2. The van der Waals surface area contributed by atoms with Crippen LogP contribution in [0.25, 0.3) is 22.4 Å². The van der Waals surface area contributed by atoms with Crippen molar-refractivity contribution in [3.8, 4) is 11.4 Å². The Morgan fingerprint density at radius 1 is 1.07 bits per heavy atom. The number of halogens is 3. The molecule has 7 rings (SSSR count). The topological polar surface area (TPSA) is 87.1 Å². The molecule has 1 N–H and O–H groups in total. The largest absolute Gasteiger partial charge is 0.336 e. The van der Waals surface area contributed by atoms with E-state index >= 15 is 0 Å². The van der Waals surface area contributed by atoms with E-state index in [9.17, 15) is 18.4 Å². The van der Waals surface area contributed by atoms with E-state index in [2.05, 4.69) is 61.3 Å². The summed E-state index contributed by atoms with van der Waals surface area (Å²) >= 11 is 3.37. The summed E-state index contributed by atoms with van der Waals surface area (Å²) in [4.78, 5) is 42.2. The van der Waals surface area contributed by atoms with Gasteiger partial charge in [-0.15, -0.1) is 0 Å². The summed E-state index contributed by atoms with van der Waals surface area (Å²) in [6.45, 7) is 5.27. The van der Waals surface area contributed by atoms with E-state index in [4.69, 9.17) is 4.98 Å². The molecule has 0 radical (unpaired) electrons. The number of carbonyl (C=O) groups is 2. The molecule has 3 aliphatic rings. The Morgan fingerprint density at radius 2 is 1.86 bits per heavy atom. The standard InChI is InChI=1S/C31H29BrF2N6O2/c1-2-24(41)38-13-12-22-27-23(16-38)39(31(42)20-10-11-21(32)26-25(20)36-29(37-26)28(33)34)14-15-40(27)30(35-22)19-8-6-18(7-9-19)17-4-3-5-17/h2,6-11,17,23,28H,1,3-5,12-16H2,(H,36,37). The Bertz CT molecular complexity index is 1730. The summed E-state index contributed by atoms with van der Waals surface area (Å²) in [5.74, 6) is 0.484. The van der Waals surface area contributed by atoms with Crippen LogP contribution in [0.3, 0.4) is 0 Å². The third kappa shape index (κ3) is 4.36. The van der Waals surface area contributed by atoms with Crippen LogP contribution >= 0.6 is 15.9 Å². The number of aromatic nitrogens is 4. The molecule has 2 amide bonds. The molecule has 0 spiro atoms. The van der Waals surface area contributed by atoms with Crippen molar-refractivity contribution in [1.82, 2.24) is 29.3 Å². The second-order valence-electron chi connectivity index (χ2n) is 11.2. The third-order valence-electron chi connectivity index (χ3n) is 8.89. The summed E-state index contributed by atoms with van der Waals surface area (Å²) in [7, 11) is 0. The fourth-order valence-electron chi connectivity index (χ4n) is 6.49. The summed E-state index contributed by atoms with van der Waals surface area (Å²) in [6.07, 6.45) is 2.79. The lowest BCUT2D eigenvalue weighted by molar-refractivity contribution is -0.126. The average Bonchev–Trinajstić information content (AvgIpc) is 3.52. The highest BCUT2D eigenvalue weighted by Gasteiger charge is 2.40. The Balaban J connectivity index is 1.30. The van der Waals surface area contributed by atoms with Crippen LogP contribution in [0.4, 0.5) is 8.78 Å². The number of imidazole rings is 2. The van der Waals surface area contributed by atoms with Crippen LogP contribution < -0.4 is 0 Å². The van der Waals surface area contributed by atoms with E-state index in [-0.39, 0.29) is 35.0 Å². The number of carbonyl (C=O) groups excluding carboxylic acids is 2. The van der Waals surface area contributed by atoms with Gasteiger partial charge >= 0.3 is 0 Å². The molecule has 1 saturated carbocycles. The number of fused-ring (bicyclic) bond motifs is 1. The van der Waals surface area contributed by atoms with Gasteiger partial charge in [0.1, 0.15) is 11.3 Å². The van der Waals surface area contributed by atoms with E-state index in [0.29, 0.717) is 36.4 Å². The number of hydrogen-bond acceptors (Lipinski definition) is 4. The van der Waals surface area contributed by atoms with Gasteiger partial charge in [0.2, 0.25) is 5.91 Å². The number of hydrogen-bond donors (Lipinski definition) is 1. The van der Waals surface area contributed by atoms with Crippen molar-refractivity contribution < 1.29 is 18.4 Å². The number of benzene rings is 2. The lowest BCUT2D eigenvalue weighted by Crippen LogP contribution is -2.47. The van der Waals surface area contributed by atoms with Gasteiger partial charge in [-0.05, 0) is 58.5 Å². The second-order valence-corrected chi connectivity index (χ2v) is 12.0. The van der Waals surface area contributed by atoms with Gasteiger partial charge in [0.05, 0.1) is 28.5 Å². The van der Waals surface area contributed by atoms with Gasteiger partial charge in [-0.25, -0.2) is 18.7 Å². The molecule has 11 heteroatoms. The van der Waals surface area contributed by atoms with Crippen molar-refractivity contribution in [2.24, 2.45) is 0 Å². The molecule has 1 aliphatic carbocycles. The highest BCUT2D eigenvalue weighted by Crippen LogP contribution is 2.40. The molecule has 216 valence electrons. The minimum absolute atomic E-state index is 0.211. The van der Waals surface area contributed by atoms with E-state index in [1.807, 2.05) is 0 Å². The molecule has 4 heterocycles. The lowest BCUT2D eigenvalue weighted by Gasteiger charge is -2.38. The molecule has 8 nitrogen and oxygen atoms in total. The fraction of sp³-hybridized carbons (Fsp3) is 0.355. The summed E-state index contributed by atoms with van der Waals surface area (Å²) in [5.41, 5.74) is 4.94. The van der Waals surface area contributed by atoms with Gasteiger partial charge in [0.25, 0.3) is 12.3 Å². The fourth-order valence-corrected chi connectivity index (χ4v) is 6.91. The number of alkyl halides is 2. The first-order valence-electron chi connectivity index (χ1n) is 14.2. The molecule has 2 aliphatic heterocycles. The average molecular weight is 636 g/mol. The number of H-pyrrole nitrogens is 1. The third-order valence-corrected chi connectivity index (χ3v) is 9.53. The Hall–Kier alpha value is -3.86. The Labute approximate surface area is 249 Å². The van der Waals surface area contributed by atoms with Crippen molar-refractivity contribution in [2.75, 3.05) is 19.6 Å². The van der Waals surface area contributed by atoms with E-state index < -0.39 is 18.3 Å². The van der Waals surface area contributed by atoms with Gasteiger partial charge in [-0.2, -0.15) is 0 Å². The summed E-state index contributed by atoms with van der Waals surface area (Å²) in [6, 6.07) is 11.5. The zero-order valence-corrected chi connectivity index (χ0v) is 24.4. The van der Waals surface area contributed by atoms with Crippen LogP contribution in [0.1, 0.15) is 70.8 Å². The second kappa shape index (κ2) is 10.4. The van der Waals surface area contributed by atoms with Crippen molar-refractivity contribution in [3.05, 3.63) is 81.9 Å². The first kappa shape index (κ1) is 27.0. The van der Waals surface area contributed by atoms with Gasteiger partial charge in [-0.1, -0.05) is 37.3 Å². The lowest BCUT2D eigenvalue weighted by atomic mass is 9.80. The molecule has 2 aromatic carbocycles. The summed E-state index contributed by atoms with van der Waals surface area (Å²) < 4.78 is 29.7. The molecule has 1 unspecified atom stereocenters. The van der Waals surface area contributed by atoms with E-state index in [1.165, 1.54) is 30.9 Å². The van der Waals surface area contributed by atoms with Gasteiger partial charge < -0.3 is 19.4 Å². The molecule has 2 aromatic heterocycles. The van der Waals surface area contributed by atoms with Gasteiger partial charge in [0, 0.05) is 42.6 Å². The van der Waals surface area contributed by atoms with Gasteiger partial charge in [0.15, 0.2) is 5.82 Å². The Morgan fingerprint density at radius 3 is 2.55 bits per heavy atom. The normalized spacial score (nSPS) is 18.6. The molecule has 0 saturated heterocycles. The van der Waals surface area contributed by atoms with Gasteiger partial charge in [-0.3, -0.25) is 9.59 Å². The highest BCUT2D eigenvalue weighted by molar-refractivity contribution is 9.10. The monoisotopic (exact) mass is 634 g/mol. The van der Waals surface area contributed by atoms with Crippen LogP contribution in [0.5, 0.6) is 0 Å². The summed E-state index contributed by atoms with van der Waals surface area (Å²) in [5, 5.41) is 0. The Kier molecular flexibility index (Phi) is 6.72. The number of amides is 2. The van der Waals surface area contributed by atoms with Crippen LogP contribution in [0, 0.1) is 0 Å². The van der Waals surface area contributed by atoms with Crippen molar-refractivity contribution in [1.29, 1.82) is 0 Å². The first-order chi connectivity index (χ1) is 20.3.